The largest absolute Gasteiger partial charge is 0.472 e. The van der Waals surface area contributed by atoms with Crippen LogP contribution in [0, 0.1) is 0 Å². The summed E-state index contributed by atoms with van der Waals surface area (Å²) < 4.78 is 32.5. The topological polar surface area (TPSA) is 175 Å². The first-order chi connectivity index (χ1) is 26.6. The van der Waals surface area contributed by atoms with Crippen molar-refractivity contribution < 1.29 is 47.8 Å². The number of allylic oxidation sites excluding steroid dienone is 15. The molecule has 0 radical (unpaired) electrons. The highest BCUT2D eigenvalue weighted by Gasteiger charge is 2.26. The highest BCUT2D eigenvalue weighted by Crippen LogP contribution is 2.43. The Balaban J connectivity index is 4.55. The second-order valence-corrected chi connectivity index (χ2v) is 14.1. The van der Waals surface area contributed by atoms with Crippen molar-refractivity contribution in [3.63, 3.8) is 0 Å². The van der Waals surface area contributed by atoms with E-state index in [0.29, 0.717) is 6.42 Å². The molecule has 12 heteroatoms. The number of esters is 2. The number of carbonyl (C=O) groups excluding carboxylic acids is 2. The summed E-state index contributed by atoms with van der Waals surface area (Å²) in [5.74, 6) is -1.18. The van der Waals surface area contributed by atoms with E-state index in [9.17, 15) is 29.3 Å². The van der Waals surface area contributed by atoms with Crippen molar-refractivity contribution in [3.05, 3.63) is 97.2 Å². The van der Waals surface area contributed by atoms with Crippen LogP contribution in [0.5, 0.6) is 0 Å². The quantitative estimate of drug-likeness (QED) is 0.0209. The van der Waals surface area contributed by atoms with Gasteiger partial charge in [0.05, 0.1) is 25.4 Å². The van der Waals surface area contributed by atoms with E-state index in [-0.39, 0.29) is 45.3 Å². The predicted molar refractivity (Wildman–Crippen MR) is 222 cm³/mol. The maximum atomic E-state index is 12.5. The van der Waals surface area contributed by atoms with E-state index < -0.39 is 51.3 Å². The number of phosphoric acid groups is 1. The van der Waals surface area contributed by atoms with E-state index in [2.05, 4.69) is 92.8 Å². The molecule has 0 aliphatic heterocycles. The van der Waals surface area contributed by atoms with Crippen LogP contribution in [0.4, 0.5) is 0 Å². The molecule has 0 aromatic carbocycles. The first kappa shape index (κ1) is 51.9. The lowest BCUT2D eigenvalue weighted by molar-refractivity contribution is -0.161. The number of aliphatic hydroxyl groups excluding tert-OH is 2. The maximum Gasteiger partial charge on any atom is 0.472 e. The van der Waals surface area contributed by atoms with Gasteiger partial charge in [0.2, 0.25) is 0 Å². The van der Waals surface area contributed by atoms with Crippen LogP contribution in [0.15, 0.2) is 97.2 Å². The molecule has 312 valence electrons. The summed E-state index contributed by atoms with van der Waals surface area (Å²) in [6.45, 7) is 3.07. The Labute approximate surface area is 331 Å². The molecule has 55 heavy (non-hydrogen) atoms. The van der Waals surface area contributed by atoms with Gasteiger partial charge in [0.15, 0.2) is 6.10 Å². The van der Waals surface area contributed by atoms with Crippen molar-refractivity contribution in [2.24, 2.45) is 5.73 Å². The van der Waals surface area contributed by atoms with Crippen LogP contribution < -0.4 is 5.73 Å². The number of aliphatic hydroxyl groups is 2. The standard InChI is InChI=1S/C43H70NO10P/c1-3-5-7-9-11-13-15-17-18-19-21-23-25-27-29-33-43(48)54-39(38-53-55(49,50)52-36-35-44)37-51-42(47)34-30-32-41(46)40(45)31-28-26-24-22-20-16-14-12-10-8-6-4-2/h5-8,11-14,17-18,20-23,26,28,39-41,45-46H,3-4,9-10,15-16,19,24-25,27,29-38,44H2,1-2H3,(H,49,50)/b7-5-,8-6-,13-11-,14-12-,18-17-,22-20-,23-21-,28-26-/t39-,40+,41+/m1/s1. The van der Waals surface area contributed by atoms with Gasteiger partial charge in [0.25, 0.3) is 0 Å². The number of nitrogens with two attached hydrogens (primary N) is 1. The molecule has 4 atom stereocenters. The van der Waals surface area contributed by atoms with Gasteiger partial charge in [-0.2, -0.15) is 0 Å². The van der Waals surface area contributed by atoms with Crippen LogP contribution >= 0.6 is 7.82 Å². The lowest BCUT2D eigenvalue weighted by Crippen LogP contribution is -2.30. The zero-order valence-corrected chi connectivity index (χ0v) is 34.2. The molecule has 0 aliphatic rings. The van der Waals surface area contributed by atoms with Gasteiger partial charge in [-0.3, -0.25) is 18.6 Å². The van der Waals surface area contributed by atoms with Gasteiger partial charge in [0, 0.05) is 19.4 Å². The fourth-order valence-electron chi connectivity index (χ4n) is 4.65. The second-order valence-electron chi connectivity index (χ2n) is 12.7. The highest BCUT2D eigenvalue weighted by molar-refractivity contribution is 7.47. The summed E-state index contributed by atoms with van der Waals surface area (Å²) in [7, 11) is -4.46. The number of hydrogen-bond donors (Lipinski definition) is 4. The zero-order chi connectivity index (χ0) is 40.7. The lowest BCUT2D eigenvalue weighted by Gasteiger charge is -2.20. The number of unbranched alkanes of at least 4 members (excludes halogenated alkanes) is 2. The normalized spacial score (nSPS) is 15.5. The fraction of sp³-hybridized carbons (Fsp3) is 0.581. The first-order valence-corrected chi connectivity index (χ1v) is 21.4. The zero-order valence-electron chi connectivity index (χ0n) is 33.3. The summed E-state index contributed by atoms with van der Waals surface area (Å²) >= 11 is 0. The molecule has 0 saturated carbocycles. The molecule has 0 heterocycles. The summed E-state index contributed by atoms with van der Waals surface area (Å²) in [5.41, 5.74) is 5.32. The maximum absolute atomic E-state index is 12.5. The van der Waals surface area contributed by atoms with Crippen LogP contribution in [0.25, 0.3) is 0 Å². The molecule has 0 amide bonds. The van der Waals surface area contributed by atoms with Crippen LogP contribution in [0.1, 0.15) is 117 Å². The van der Waals surface area contributed by atoms with Crippen LogP contribution in [-0.2, 0) is 32.7 Å². The molecule has 0 fully saturated rings. The minimum atomic E-state index is -4.46. The van der Waals surface area contributed by atoms with Crippen LogP contribution in [0.3, 0.4) is 0 Å². The van der Waals surface area contributed by atoms with Gasteiger partial charge in [-0.25, -0.2) is 4.57 Å². The van der Waals surface area contributed by atoms with Gasteiger partial charge < -0.3 is 30.3 Å². The molecule has 0 saturated heterocycles. The van der Waals surface area contributed by atoms with E-state index in [1.54, 1.807) is 0 Å². The molecule has 0 bridgehead atoms. The van der Waals surface area contributed by atoms with Crippen molar-refractivity contribution in [1.29, 1.82) is 0 Å². The number of rotatable bonds is 35. The number of phosphoric ester groups is 1. The second kappa shape index (κ2) is 37.8. The van der Waals surface area contributed by atoms with Crippen molar-refractivity contribution in [2.45, 2.75) is 135 Å². The van der Waals surface area contributed by atoms with Gasteiger partial charge in [-0.15, -0.1) is 0 Å². The predicted octanol–water partition coefficient (Wildman–Crippen LogP) is 8.99. The molecule has 11 nitrogen and oxygen atoms in total. The smallest absolute Gasteiger partial charge is 0.462 e. The monoisotopic (exact) mass is 791 g/mol. The molecule has 0 aromatic rings. The molecular weight excluding hydrogens is 721 g/mol. The molecular formula is C43H70NO10P. The number of carbonyl (C=O) groups is 2. The SMILES string of the molecule is CC/C=C\C/C=C\C/C=C\C/C=C\CCCCC(=O)O[C@H](COC(=O)CCC[C@H](O)[C@@H](O)C/C=C\C/C=C\C/C=C\C/C=C\CC)COP(=O)(O)OCCN. The molecule has 0 spiro atoms. The summed E-state index contributed by atoms with van der Waals surface area (Å²) in [6.07, 6.45) is 40.5. The Kier molecular flexibility index (Phi) is 35.6. The molecule has 0 rings (SSSR count). The van der Waals surface area contributed by atoms with Crippen molar-refractivity contribution in [3.8, 4) is 0 Å². The Bertz CT molecular complexity index is 1250. The van der Waals surface area contributed by atoms with Gasteiger partial charge >= 0.3 is 19.8 Å². The van der Waals surface area contributed by atoms with Gasteiger partial charge in [-0.05, 0) is 89.9 Å². The average molecular weight is 792 g/mol. The molecule has 5 N–H and O–H groups in total. The Morgan fingerprint density at radius 3 is 1.64 bits per heavy atom. The van der Waals surface area contributed by atoms with E-state index in [0.717, 1.165) is 64.2 Å². The highest BCUT2D eigenvalue weighted by atomic mass is 31.2. The van der Waals surface area contributed by atoms with Gasteiger partial charge in [0.1, 0.15) is 6.61 Å². The van der Waals surface area contributed by atoms with Crippen LogP contribution in [0.2, 0.25) is 0 Å². The fourth-order valence-corrected chi connectivity index (χ4v) is 5.42. The lowest BCUT2D eigenvalue weighted by atomic mass is 10.0. The summed E-state index contributed by atoms with van der Waals surface area (Å²) in [5, 5.41) is 20.6. The van der Waals surface area contributed by atoms with Crippen molar-refractivity contribution in [2.75, 3.05) is 26.4 Å². The third kappa shape index (κ3) is 36.3. The minimum Gasteiger partial charge on any atom is -0.462 e. The van der Waals surface area contributed by atoms with Gasteiger partial charge in [-0.1, -0.05) is 111 Å². The van der Waals surface area contributed by atoms with E-state index in [4.69, 9.17) is 24.3 Å². The molecule has 0 aliphatic carbocycles. The average Bonchev–Trinajstić information content (AvgIpc) is 3.16. The Hall–Kier alpha value is -3.15. The molecule has 1 unspecified atom stereocenters. The van der Waals surface area contributed by atoms with E-state index >= 15 is 0 Å². The summed E-state index contributed by atoms with van der Waals surface area (Å²) in [4.78, 5) is 34.8. The number of ether oxygens (including phenoxy) is 2. The summed E-state index contributed by atoms with van der Waals surface area (Å²) in [6, 6.07) is 0. The Morgan fingerprint density at radius 2 is 1.11 bits per heavy atom. The van der Waals surface area contributed by atoms with Crippen molar-refractivity contribution >= 4 is 19.8 Å². The van der Waals surface area contributed by atoms with Crippen molar-refractivity contribution in [1.82, 2.24) is 0 Å². The minimum absolute atomic E-state index is 0.00100. The van der Waals surface area contributed by atoms with E-state index in [1.807, 2.05) is 18.2 Å². The van der Waals surface area contributed by atoms with Crippen LogP contribution in [-0.4, -0.2) is 71.7 Å². The number of hydrogen-bond acceptors (Lipinski definition) is 10. The van der Waals surface area contributed by atoms with E-state index in [1.165, 1.54) is 0 Å². The first-order valence-electron chi connectivity index (χ1n) is 19.9. The Morgan fingerprint density at radius 1 is 0.618 bits per heavy atom. The third-order valence-corrected chi connectivity index (χ3v) is 8.65. The third-order valence-electron chi connectivity index (χ3n) is 7.67. The molecule has 0 aromatic heterocycles.